The standard InChI is InChI=1S/C18H23N5O2/c1-13(24)14-6-4-7-15(12-14)21-18-20-10-8-16(22-18)17(25)19-9-5-11-23(2)3/h4,6-8,10,12H,5,9,11H2,1-3H3,(H,19,25)(H,20,21,22). The van der Waals surface area contributed by atoms with E-state index >= 15 is 0 Å². The summed E-state index contributed by atoms with van der Waals surface area (Å²) < 4.78 is 0. The molecule has 2 aromatic rings. The third kappa shape index (κ3) is 5.96. The molecule has 1 amide bonds. The third-order valence-electron chi connectivity index (χ3n) is 3.48. The van der Waals surface area contributed by atoms with E-state index in [2.05, 4.69) is 25.5 Å². The molecular formula is C18H23N5O2. The molecule has 0 aliphatic rings. The number of nitrogens with one attached hydrogen (secondary N) is 2. The molecule has 0 spiro atoms. The van der Waals surface area contributed by atoms with E-state index in [1.54, 1.807) is 24.3 Å². The van der Waals surface area contributed by atoms with Crippen molar-refractivity contribution in [2.45, 2.75) is 13.3 Å². The van der Waals surface area contributed by atoms with E-state index in [4.69, 9.17) is 0 Å². The lowest BCUT2D eigenvalue weighted by atomic mass is 10.1. The fraction of sp³-hybridized carbons (Fsp3) is 0.333. The zero-order valence-electron chi connectivity index (χ0n) is 14.7. The fourth-order valence-electron chi connectivity index (χ4n) is 2.18. The lowest BCUT2D eigenvalue weighted by Crippen LogP contribution is -2.28. The first kappa shape index (κ1) is 18.5. The number of amides is 1. The molecular weight excluding hydrogens is 318 g/mol. The van der Waals surface area contributed by atoms with Crippen molar-refractivity contribution in [1.82, 2.24) is 20.2 Å². The van der Waals surface area contributed by atoms with Crippen LogP contribution in [0.5, 0.6) is 0 Å². The van der Waals surface area contributed by atoms with Crippen LogP contribution in [0.1, 0.15) is 34.2 Å². The molecule has 1 aromatic carbocycles. The number of aromatic nitrogens is 2. The van der Waals surface area contributed by atoms with Crippen LogP contribution in [0, 0.1) is 0 Å². The van der Waals surface area contributed by atoms with Crippen molar-refractivity contribution in [1.29, 1.82) is 0 Å². The Hall–Kier alpha value is -2.80. The molecule has 0 saturated heterocycles. The average molecular weight is 341 g/mol. The Morgan fingerprint density at radius 1 is 1.20 bits per heavy atom. The monoisotopic (exact) mass is 341 g/mol. The number of nitrogens with zero attached hydrogens (tertiary/aromatic N) is 3. The first-order valence-electron chi connectivity index (χ1n) is 8.09. The maximum absolute atomic E-state index is 12.2. The van der Waals surface area contributed by atoms with Gasteiger partial charge in [-0.2, -0.15) is 0 Å². The van der Waals surface area contributed by atoms with Crippen molar-refractivity contribution in [3.05, 3.63) is 47.8 Å². The van der Waals surface area contributed by atoms with Crippen LogP contribution in [-0.2, 0) is 0 Å². The average Bonchev–Trinajstić information content (AvgIpc) is 2.59. The van der Waals surface area contributed by atoms with Crippen LogP contribution in [0.15, 0.2) is 36.5 Å². The zero-order valence-corrected chi connectivity index (χ0v) is 14.7. The van der Waals surface area contributed by atoms with Crippen LogP contribution in [0.2, 0.25) is 0 Å². The van der Waals surface area contributed by atoms with Gasteiger partial charge in [0.1, 0.15) is 5.69 Å². The summed E-state index contributed by atoms with van der Waals surface area (Å²) in [6.07, 6.45) is 2.39. The van der Waals surface area contributed by atoms with Gasteiger partial charge in [-0.25, -0.2) is 9.97 Å². The number of Topliss-reactive ketones (excluding diaryl/α,β-unsaturated/α-hetero) is 1. The second kappa shape index (κ2) is 8.89. The predicted octanol–water partition coefficient (Wildman–Crippen LogP) is 2.10. The molecule has 0 aliphatic carbocycles. The number of carbonyl (C=O) groups is 2. The van der Waals surface area contributed by atoms with Gasteiger partial charge in [0.25, 0.3) is 5.91 Å². The second-order valence-corrected chi connectivity index (χ2v) is 5.94. The van der Waals surface area contributed by atoms with E-state index in [0.29, 0.717) is 29.4 Å². The van der Waals surface area contributed by atoms with Gasteiger partial charge in [-0.3, -0.25) is 9.59 Å². The molecule has 7 heteroatoms. The van der Waals surface area contributed by atoms with Crippen molar-refractivity contribution >= 4 is 23.3 Å². The first-order chi connectivity index (χ1) is 12.0. The van der Waals surface area contributed by atoms with Gasteiger partial charge < -0.3 is 15.5 Å². The minimum absolute atomic E-state index is 0.0181. The van der Waals surface area contributed by atoms with Gasteiger partial charge in [-0.05, 0) is 52.2 Å². The summed E-state index contributed by atoms with van der Waals surface area (Å²) in [5.41, 5.74) is 1.58. The Labute approximate surface area is 147 Å². The summed E-state index contributed by atoms with van der Waals surface area (Å²) in [5, 5.41) is 5.86. The molecule has 7 nitrogen and oxygen atoms in total. The van der Waals surface area contributed by atoms with E-state index in [1.807, 2.05) is 20.2 Å². The lowest BCUT2D eigenvalue weighted by Gasteiger charge is -2.10. The Morgan fingerprint density at radius 3 is 2.72 bits per heavy atom. The van der Waals surface area contributed by atoms with E-state index < -0.39 is 0 Å². The molecule has 132 valence electrons. The van der Waals surface area contributed by atoms with Crippen molar-refractivity contribution in [3.63, 3.8) is 0 Å². The van der Waals surface area contributed by atoms with Crippen molar-refractivity contribution in [2.75, 3.05) is 32.5 Å². The molecule has 2 rings (SSSR count). The quantitative estimate of drug-likeness (QED) is 0.565. The van der Waals surface area contributed by atoms with Crippen LogP contribution in [-0.4, -0.2) is 53.7 Å². The topological polar surface area (TPSA) is 87.2 Å². The Bertz CT molecular complexity index is 746. The van der Waals surface area contributed by atoms with Gasteiger partial charge in [0, 0.05) is 24.0 Å². The van der Waals surface area contributed by atoms with Gasteiger partial charge in [-0.1, -0.05) is 12.1 Å². The van der Waals surface area contributed by atoms with Crippen LogP contribution in [0.25, 0.3) is 0 Å². The third-order valence-corrected chi connectivity index (χ3v) is 3.48. The van der Waals surface area contributed by atoms with E-state index in [1.165, 1.54) is 13.1 Å². The highest BCUT2D eigenvalue weighted by Crippen LogP contribution is 2.15. The predicted molar refractivity (Wildman–Crippen MR) is 97.3 cm³/mol. The summed E-state index contributed by atoms with van der Waals surface area (Å²) in [4.78, 5) is 34.0. The largest absolute Gasteiger partial charge is 0.351 e. The van der Waals surface area contributed by atoms with Crippen LogP contribution >= 0.6 is 0 Å². The molecule has 0 unspecified atom stereocenters. The van der Waals surface area contributed by atoms with Crippen molar-refractivity contribution in [3.8, 4) is 0 Å². The molecule has 25 heavy (non-hydrogen) atoms. The highest BCUT2D eigenvalue weighted by atomic mass is 16.1. The number of hydrogen-bond donors (Lipinski definition) is 2. The molecule has 0 atom stereocenters. The smallest absolute Gasteiger partial charge is 0.270 e. The maximum Gasteiger partial charge on any atom is 0.270 e. The van der Waals surface area contributed by atoms with Gasteiger partial charge in [-0.15, -0.1) is 0 Å². The Morgan fingerprint density at radius 2 is 2.00 bits per heavy atom. The van der Waals surface area contributed by atoms with E-state index in [-0.39, 0.29) is 11.7 Å². The molecule has 0 saturated carbocycles. The molecule has 1 heterocycles. The van der Waals surface area contributed by atoms with Crippen LogP contribution in [0.3, 0.4) is 0 Å². The normalized spacial score (nSPS) is 10.6. The van der Waals surface area contributed by atoms with Gasteiger partial charge in [0.15, 0.2) is 5.78 Å². The van der Waals surface area contributed by atoms with Gasteiger partial charge >= 0.3 is 0 Å². The highest BCUT2D eigenvalue weighted by molar-refractivity contribution is 5.95. The molecule has 0 radical (unpaired) electrons. The number of carbonyl (C=O) groups excluding carboxylic acids is 2. The summed E-state index contributed by atoms with van der Waals surface area (Å²) >= 11 is 0. The number of ketones is 1. The van der Waals surface area contributed by atoms with Crippen molar-refractivity contribution < 1.29 is 9.59 Å². The second-order valence-electron chi connectivity index (χ2n) is 5.94. The molecule has 2 N–H and O–H groups in total. The minimum atomic E-state index is -0.235. The zero-order chi connectivity index (χ0) is 18.2. The van der Waals surface area contributed by atoms with Crippen molar-refractivity contribution in [2.24, 2.45) is 0 Å². The Balaban J connectivity index is 2.00. The summed E-state index contributed by atoms with van der Waals surface area (Å²) in [6, 6.07) is 8.62. The summed E-state index contributed by atoms with van der Waals surface area (Å²) in [5.74, 6) is 0.0544. The van der Waals surface area contributed by atoms with Gasteiger partial charge in [0.2, 0.25) is 5.95 Å². The Kier molecular flexibility index (Phi) is 6.59. The number of benzene rings is 1. The molecule has 0 aliphatic heterocycles. The summed E-state index contributed by atoms with van der Waals surface area (Å²) in [6.45, 7) is 3.00. The SMILES string of the molecule is CC(=O)c1cccc(Nc2nccc(C(=O)NCCCN(C)C)n2)c1. The minimum Gasteiger partial charge on any atom is -0.351 e. The molecule has 0 bridgehead atoms. The highest BCUT2D eigenvalue weighted by Gasteiger charge is 2.09. The number of anilines is 2. The fourth-order valence-corrected chi connectivity index (χ4v) is 2.18. The van der Waals surface area contributed by atoms with Crippen LogP contribution < -0.4 is 10.6 Å². The van der Waals surface area contributed by atoms with Crippen LogP contribution in [0.4, 0.5) is 11.6 Å². The number of rotatable bonds is 8. The molecule has 0 fully saturated rings. The lowest BCUT2D eigenvalue weighted by molar-refractivity contribution is 0.0946. The van der Waals surface area contributed by atoms with E-state index in [9.17, 15) is 9.59 Å². The summed E-state index contributed by atoms with van der Waals surface area (Å²) in [7, 11) is 3.98. The maximum atomic E-state index is 12.2. The van der Waals surface area contributed by atoms with Gasteiger partial charge in [0.05, 0.1) is 0 Å². The number of hydrogen-bond acceptors (Lipinski definition) is 6. The first-order valence-corrected chi connectivity index (χ1v) is 8.09. The van der Waals surface area contributed by atoms with E-state index in [0.717, 1.165) is 13.0 Å². The molecule has 1 aromatic heterocycles.